The summed E-state index contributed by atoms with van der Waals surface area (Å²) in [4.78, 5) is 79.5. The number of aromatic amines is 3. The third-order valence-corrected chi connectivity index (χ3v) is 18.0. The second-order valence-corrected chi connectivity index (χ2v) is 24.2. The number of aryl methyl sites for hydroxylation is 2. The molecule has 85 heavy (non-hydrogen) atoms. The number of imidazole rings is 2. The zero-order valence-corrected chi connectivity index (χ0v) is 47.2. The summed E-state index contributed by atoms with van der Waals surface area (Å²) in [6.45, 7) is -0.899. The van der Waals surface area contributed by atoms with Gasteiger partial charge in [0.2, 0.25) is 0 Å². The van der Waals surface area contributed by atoms with Gasteiger partial charge >= 0.3 is 5.69 Å². The lowest BCUT2D eigenvalue weighted by molar-refractivity contribution is -0.229. The summed E-state index contributed by atoms with van der Waals surface area (Å²) in [5.74, 6) is 0. The highest BCUT2D eigenvalue weighted by atomic mass is 31.2. The minimum atomic E-state index is -4.65. The Balaban J connectivity index is 0.000000158. The Morgan fingerprint density at radius 1 is 0.541 bits per heavy atom. The summed E-state index contributed by atoms with van der Waals surface area (Å²) in [5.41, 5.74) is 1.25. The van der Waals surface area contributed by atoms with Crippen LogP contribution in [0.15, 0.2) is 143 Å². The molecule has 4 aromatic heterocycles. The molecule has 0 saturated carbocycles. The first-order valence-corrected chi connectivity index (χ1v) is 30.8. The van der Waals surface area contributed by atoms with Gasteiger partial charge in [0.25, 0.3) is 26.8 Å². The van der Waals surface area contributed by atoms with Crippen molar-refractivity contribution in [2.45, 2.75) is 88.2 Å². The van der Waals surface area contributed by atoms with Crippen molar-refractivity contribution in [3.63, 3.8) is 0 Å². The van der Waals surface area contributed by atoms with Gasteiger partial charge in [-0.3, -0.25) is 37.8 Å². The van der Waals surface area contributed by atoms with Crippen molar-refractivity contribution in [1.29, 1.82) is 0 Å². The Morgan fingerprint density at radius 3 is 1.53 bits per heavy atom. The predicted octanol–water partition coefficient (Wildman–Crippen LogP) is 7.67. The minimum absolute atomic E-state index is 0.00834. The molecule has 23 nitrogen and oxygen atoms in total. The molecule has 6 heterocycles. The van der Waals surface area contributed by atoms with E-state index in [0.29, 0.717) is 18.5 Å². The molecule has 0 aliphatic carbocycles. The molecule has 4 unspecified atom stereocenters. The minimum Gasteiger partial charge on any atom is -0.756 e. The van der Waals surface area contributed by atoms with Crippen LogP contribution in [0, 0.1) is 0 Å². The quantitative estimate of drug-likeness (QED) is 0.0277. The van der Waals surface area contributed by atoms with E-state index in [0.717, 1.165) is 25.7 Å². The topological polar surface area (TPSA) is 323 Å². The van der Waals surface area contributed by atoms with Crippen LogP contribution in [0.5, 0.6) is 0 Å². The standard InChI is InChI=1S/C30H29N4O8P.C30H29N4O7P/c35-22-14-24(34-16-31-27-28(34)32-30(37)33-29(27)36)42-23(22)15-41-43(38,39)40-13-2-1-4-17-7-8-20-10-9-18-5-3-6-19-11-12-21(17)26(20)25(18)19;35-23-14-25(34-17-33-28-29(34)31-16-32-30(28)36)41-24(23)15-40-42(37,38)39-13-2-1-4-18-7-8-21-10-9-19-5-3-6-20-11-12-22(18)27(21)26(19)20/h3,5-12,16,22-24,35H,1-2,4,13-15H2,(H,38,39)(H2,32,33,36,37);3,5-12,16-17,23-25,35H,1-2,4,13-15H2,(H,37,38)(H,31,32,36)/p-2/t22?,23-,24-;23?,24-,25-/m11/s1. The molecule has 0 radical (unpaired) electrons. The maximum Gasteiger partial charge on any atom is 0.327 e. The summed E-state index contributed by atoms with van der Waals surface area (Å²) in [7, 11) is -9.25. The van der Waals surface area contributed by atoms with Crippen molar-refractivity contribution < 1.29 is 56.7 Å². The van der Waals surface area contributed by atoms with Crippen LogP contribution in [0.25, 0.3) is 87.0 Å². The maximum atomic E-state index is 12.4. The van der Waals surface area contributed by atoms with Crippen molar-refractivity contribution in [3.8, 4) is 0 Å². The number of rotatable bonds is 20. The number of aliphatic hydroxyl groups excluding tert-OH is 2. The SMILES string of the molecule is O=c1[nH]c(=O)c2ncn([C@H]3CC(O)[C@@H](COP(=O)([O-])OCCCCc4ccc5ccc6cccc7ccc4c5c67)O3)c2[nH]1.O=c1[nH]cnc2c1ncn2[C@H]1CC(O)[C@@H](COP(=O)([O-])OCCCCc2ccc3ccc4cccc5ccc2c3c45)O1. The largest absolute Gasteiger partial charge is 0.756 e. The van der Waals surface area contributed by atoms with Crippen molar-refractivity contribution in [3.05, 3.63) is 170 Å². The fraction of sp³-hybridized carbons (Fsp3) is 0.300. The van der Waals surface area contributed by atoms with Crippen LogP contribution in [0.3, 0.4) is 0 Å². The van der Waals surface area contributed by atoms with Crippen LogP contribution in [-0.2, 0) is 49.5 Å². The smallest absolute Gasteiger partial charge is 0.327 e. The molecule has 438 valence electrons. The normalized spacial score (nSPS) is 20.7. The Bertz CT molecular complexity index is 4690. The Kier molecular flexibility index (Phi) is 15.5. The molecular formula is C60H56N8O15P2-2. The van der Waals surface area contributed by atoms with Crippen LogP contribution in [-0.4, -0.2) is 100 Å². The van der Waals surface area contributed by atoms with Crippen LogP contribution in [0.4, 0.5) is 0 Å². The lowest BCUT2D eigenvalue weighted by atomic mass is 9.91. The molecule has 2 fully saturated rings. The van der Waals surface area contributed by atoms with Crippen molar-refractivity contribution in [1.82, 2.24) is 39.0 Å². The molecule has 2 saturated heterocycles. The van der Waals surface area contributed by atoms with E-state index in [9.17, 15) is 43.5 Å². The van der Waals surface area contributed by atoms with Crippen LogP contribution in [0.2, 0.25) is 0 Å². The molecule has 2 aliphatic heterocycles. The number of phosphoric acid groups is 2. The molecule has 8 atom stereocenters. The number of H-pyrrole nitrogens is 3. The first-order valence-electron chi connectivity index (χ1n) is 27.9. The van der Waals surface area contributed by atoms with Crippen LogP contribution in [0.1, 0.15) is 62.1 Å². The number of nitrogens with one attached hydrogen (secondary N) is 3. The molecule has 5 N–H and O–H groups in total. The van der Waals surface area contributed by atoms with Crippen LogP contribution < -0.4 is 26.6 Å². The number of fused-ring (bicyclic) bond motifs is 2. The number of aromatic nitrogens is 8. The van der Waals surface area contributed by atoms with Crippen molar-refractivity contribution in [2.24, 2.45) is 0 Å². The van der Waals surface area contributed by atoms with Crippen molar-refractivity contribution in [2.75, 3.05) is 26.4 Å². The molecule has 2 aliphatic rings. The van der Waals surface area contributed by atoms with Gasteiger partial charge in [-0.05, 0) is 114 Å². The summed E-state index contributed by atoms with van der Waals surface area (Å²) in [5, 5.41) is 35.6. The summed E-state index contributed by atoms with van der Waals surface area (Å²) < 4.78 is 59.5. The van der Waals surface area contributed by atoms with E-state index in [2.05, 4.69) is 139 Å². The van der Waals surface area contributed by atoms with Gasteiger partial charge in [0.1, 0.15) is 30.3 Å². The number of hydrogen-bond acceptors (Lipinski definition) is 18. The van der Waals surface area contributed by atoms with E-state index in [1.165, 1.54) is 104 Å². The Morgan fingerprint density at radius 2 is 1.00 bits per heavy atom. The molecule has 0 spiro atoms. The van der Waals surface area contributed by atoms with Gasteiger partial charge in [0.05, 0.1) is 57.6 Å². The third-order valence-electron chi connectivity index (χ3n) is 16.1. The van der Waals surface area contributed by atoms with Crippen molar-refractivity contribution >= 4 is 103 Å². The summed E-state index contributed by atoms with van der Waals surface area (Å²) in [6.07, 6.45) is 2.84. The van der Waals surface area contributed by atoms with E-state index in [1.54, 1.807) is 0 Å². The predicted molar refractivity (Wildman–Crippen MR) is 313 cm³/mol. The average Bonchev–Trinajstić information content (AvgIpc) is 2.03. The lowest BCUT2D eigenvalue weighted by Crippen LogP contribution is -2.27. The van der Waals surface area contributed by atoms with E-state index in [1.807, 2.05) is 0 Å². The second-order valence-electron chi connectivity index (χ2n) is 21.4. The fourth-order valence-electron chi connectivity index (χ4n) is 11.9. The zero-order chi connectivity index (χ0) is 58.6. The van der Waals surface area contributed by atoms with E-state index in [-0.39, 0.29) is 42.7 Å². The van der Waals surface area contributed by atoms with E-state index >= 15 is 0 Å². The van der Waals surface area contributed by atoms with Gasteiger partial charge in [0.15, 0.2) is 16.7 Å². The van der Waals surface area contributed by atoms with Gasteiger partial charge in [-0.15, -0.1) is 0 Å². The zero-order valence-electron chi connectivity index (χ0n) is 45.4. The second kappa shape index (κ2) is 23.3. The number of aliphatic hydroxyl groups is 2. The number of phosphoric ester groups is 2. The lowest BCUT2D eigenvalue weighted by Gasteiger charge is -2.25. The Labute approximate surface area is 481 Å². The first kappa shape index (κ1) is 56.5. The van der Waals surface area contributed by atoms with Gasteiger partial charge < -0.3 is 52.6 Å². The highest BCUT2D eigenvalue weighted by Crippen LogP contribution is 2.43. The van der Waals surface area contributed by atoms with Gasteiger partial charge in [-0.1, -0.05) is 109 Å². The number of hydrogen-bond donors (Lipinski definition) is 5. The molecule has 14 rings (SSSR count). The molecular weight excluding hydrogens is 1130 g/mol. The van der Waals surface area contributed by atoms with Gasteiger partial charge in [-0.2, -0.15) is 0 Å². The Hall–Kier alpha value is -7.60. The highest BCUT2D eigenvalue weighted by Gasteiger charge is 2.38. The first-order chi connectivity index (χ1) is 41.1. The molecule has 0 bridgehead atoms. The van der Waals surface area contributed by atoms with E-state index < -0.39 is 82.5 Å². The number of nitrogens with zero attached hydrogens (tertiary/aromatic N) is 5. The van der Waals surface area contributed by atoms with Crippen LogP contribution >= 0.6 is 15.6 Å². The van der Waals surface area contributed by atoms with E-state index in [4.69, 9.17) is 27.6 Å². The molecule has 25 heteroatoms. The molecule has 8 aromatic carbocycles. The maximum absolute atomic E-state index is 12.4. The van der Waals surface area contributed by atoms with Gasteiger partial charge in [0, 0.05) is 12.8 Å². The highest BCUT2D eigenvalue weighted by molar-refractivity contribution is 7.46. The summed E-state index contributed by atoms with van der Waals surface area (Å²) >= 11 is 0. The molecule has 0 amide bonds. The number of unbranched alkanes of at least 4 members (excludes halogenated alkanes) is 2. The molecule has 12 aromatic rings. The monoisotopic (exact) mass is 1190 g/mol. The summed E-state index contributed by atoms with van der Waals surface area (Å²) in [6, 6.07) is 38.5. The third kappa shape index (κ3) is 11.4. The number of benzene rings is 8. The van der Waals surface area contributed by atoms with Gasteiger partial charge in [-0.25, -0.2) is 19.7 Å². The fourth-order valence-corrected chi connectivity index (χ4v) is 13.4. The number of ether oxygens (including phenoxy) is 2. The average molecular weight is 1190 g/mol.